The molecular formula is C33H35ClN8O5. The molecule has 1 fully saturated rings. The lowest BCUT2D eigenvalue weighted by atomic mass is 9.79. The number of rotatable bonds is 9. The van der Waals surface area contributed by atoms with Crippen LogP contribution in [0.4, 0.5) is 34.5 Å². The van der Waals surface area contributed by atoms with Crippen molar-refractivity contribution in [3.8, 4) is 0 Å². The summed E-state index contributed by atoms with van der Waals surface area (Å²) in [6, 6.07) is 19.8. The molecule has 14 heteroatoms. The van der Waals surface area contributed by atoms with Crippen molar-refractivity contribution in [1.82, 2.24) is 20.3 Å². The zero-order valence-corrected chi connectivity index (χ0v) is 27.0. The molecule has 0 unspecified atom stereocenters. The molecule has 2 heterocycles. The summed E-state index contributed by atoms with van der Waals surface area (Å²) < 4.78 is 0. The second-order valence-corrected chi connectivity index (χ2v) is 12.9. The first kappa shape index (κ1) is 33.3. The van der Waals surface area contributed by atoms with Crippen LogP contribution in [-0.2, 0) is 0 Å². The van der Waals surface area contributed by atoms with Crippen LogP contribution < -0.4 is 21.3 Å². The van der Waals surface area contributed by atoms with Crippen LogP contribution in [0.25, 0.3) is 0 Å². The van der Waals surface area contributed by atoms with Gasteiger partial charge in [0.15, 0.2) is 0 Å². The molecule has 1 aliphatic rings. The largest absolute Gasteiger partial charge is 0.349 e. The van der Waals surface area contributed by atoms with Gasteiger partial charge in [0.05, 0.1) is 15.6 Å². The van der Waals surface area contributed by atoms with E-state index in [2.05, 4.69) is 31.2 Å². The summed E-state index contributed by atoms with van der Waals surface area (Å²) in [7, 11) is 0. The third kappa shape index (κ3) is 7.83. The summed E-state index contributed by atoms with van der Waals surface area (Å²) in [4.78, 5) is 45.2. The van der Waals surface area contributed by atoms with Crippen LogP contribution in [0.5, 0.6) is 0 Å². The van der Waals surface area contributed by atoms with E-state index in [-0.39, 0.29) is 35.3 Å². The first-order valence-corrected chi connectivity index (χ1v) is 15.2. The Balaban J connectivity index is 1.24. The fraction of sp³-hybridized carbons (Fsp3) is 0.273. The van der Waals surface area contributed by atoms with Crippen molar-refractivity contribution in [3.63, 3.8) is 0 Å². The molecule has 3 aromatic carbocycles. The topological polar surface area (TPSA) is 175 Å². The van der Waals surface area contributed by atoms with E-state index < -0.39 is 16.0 Å². The minimum atomic E-state index is -0.600. The predicted molar refractivity (Wildman–Crippen MR) is 180 cm³/mol. The molecule has 5 rings (SSSR count). The third-order valence-corrected chi connectivity index (χ3v) is 8.20. The number of benzene rings is 3. The maximum atomic E-state index is 13.0. The quantitative estimate of drug-likeness (QED) is 0.0938. The predicted octanol–water partition coefficient (Wildman–Crippen LogP) is 6.92. The third-order valence-electron chi connectivity index (χ3n) is 7.88. The molecule has 0 spiro atoms. The lowest BCUT2D eigenvalue weighted by Crippen LogP contribution is -2.62. The number of hydrogen-bond acceptors (Lipinski definition) is 10. The second-order valence-electron chi connectivity index (χ2n) is 12.5. The number of piperidine rings is 1. The number of para-hydroxylation sites is 1. The van der Waals surface area contributed by atoms with Crippen LogP contribution in [0.2, 0.25) is 5.02 Å². The van der Waals surface area contributed by atoms with E-state index in [1.54, 1.807) is 72.8 Å². The number of nitrogens with one attached hydrogen (secondary N) is 4. The minimum Gasteiger partial charge on any atom is -0.349 e. The molecule has 1 aliphatic heterocycles. The van der Waals surface area contributed by atoms with E-state index in [1.807, 2.05) is 27.7 Å². The van der Waals surface area contributed by atoms with Crippen molar-refractivity contribution in [2.75, 3.05) is 16.0 Å². The van der Waals surface area contributed by atoms with Gasteiger partial charge in [-0.25, -0.2) is 4.98 Å². The number of carbonyl (C=O) groups excluding carboxylic acids is 2. The first-order chi connectivity index (χ1) is 22.2. The average molecular weight is 659 g/mol. The van der Waals surface area contributed by atoms with E-state index in [1.165, 1.54) is 5.06 Å². The summed E-state index contributed by atoms with van der Waals surface area (Å²) in [6.45, 7) is 7.76. The molecule has 47 heavy (non-hydrogen) atoms. The van der Waals surface area contributed by atoms with Gasteiger partial charge in [-0.1, -0.05) is 23.7 Å². The van der Waals surface area contributed by atoms with Gasteiger partial charge in [-0.3, -0.25) is 19.7 Å². The Bertz CT molecular complexity index is 1780. The molecular weight excluding hydrogens is 624 g/mol. The van der Waals surface area contributed by atoms with E-state index in [0.717, 1.165) is 6.20 Å². The highest BCUT2D eigenvalue weighted by Crippen LogP contribution is 2.37. The van der Waals surface area contributed by atoms with E-state index in [0.29, 0.717) is 46.1 Å². The fourth-order valence-corrected chi connectivity index (χ4v) is 5.92. The summed E-state index contributed by atoms with van der Waals surface area (Å²) in [5.74, 6) is -0.569. The first-order valence-electron chi connectivity index (χ1n) is 14.8. The number of hydroxylamine groups is 2. The van der Waals surface area contributed by atoms with Crippen LogP contribution in [0.3, 0.4) is 0 Å². The molecule has 0 aliphatic carbocycles. The Kier molecular flexibility index (Phi) is 9.43. The molecule has 2 amide bonds. The van der Waals surface area contributed by atoms with Gasteiger partial charge in [-0.2, -0.15) is 10.0 Å². The van der Waals surface area contributed by atoms with E-state index in [4.69, 9.17) is 11.6 Å². The van der Waals surface area contributed by atoms with Crippen LogP contribution in [-0.4, -0.2) is 54.1 Å². The zero-order chi connectivity index (χ0) is 33.9. The maximum absolute atomic E-state index is 13.0. The van der Waals surface area contributed by atoms with Crippen molar-refractivity contribution in [3.05, 3.63) is 105 Å². The normalized spacial score (nSPS) is 15.8. The lowest BCUT2D eigenvalue weighted by molar-refractivity contribution is -0.384. The Morgan fingerprint density at radius 1 is 0.894 bits per heavy atom. The molecule has 0 bridgehead atoms. The fourth-order valence-electron chi connectivity index (χ4n) is 5.74. The highest BCUT2D eigenvalue weighted by molar-refractivity contribution is 6.33. The summed E-state index contributed by atoms with van der Waals surface area (Å²) in [5, 5.41) is 35.8. The molecule has 0 atom stereocenters. The van der Waals surface area contributed by atoms with Gasteiger partial charge >= 0.3 is 5.69 Å². The standard InChI is InChI=1S/C33H35ClN8O5/c1-32(2)17-24(18-33(3,4)42(32)47)37-29(43)20-11-15-23(16-12-20)38-31-35-19-27(41(45)46)28(40-31)36-22-13-9-21(10-14-22)30(44)39-26-8-6-5-7-25(26)34/h5-16,19,24,47H,17-18H2,1-4H3,(H,37,43)(H,39,44)(H2,35,36,38,40). The SMILES string of the molecule is CC1(C)CC(NC(=O)c2ccc(Nc3ncc([N+](=O)[O-])c(Nc4ccc(C(=O)Nc5ccccc5Cl)cc4)n3)cc2)CC(C)(C)N1O. The highest BCUT2D eigenvalue weighted by Gasteiger charge is 2.45. The molecule has 0 saturated carbocycles. The smallest absolute Gasteiger partial charge is 0.329 e. The number of nitro groups is 1. The number of nitrogens with zero attached hydrogens (tertiary/aromatic N) is 4. The van der Waals surface area contributed by atoms with Gasteiger partial charge < -0.3 is 26.5 Å². The van der Waals surface area contributed by atoms with Gasteiger partial charge in [-0.15, -0.1) is 0 Å². The highest BCUT2D eigenvalue weighted by atomic mass is 35.5. The van der Waals surface area contributed by atoms with Crippen molar-refractivity contribution >= 4 is 57.9 Å². The summed E-state index contributed by atoms with van der Waals surface area (Å²) in [5.41, 5.74) is 0.965. The van der Waals surface area contributed by atoms with Gasteiger partial charge in [-0.05, 0) is 101 Å². The maximum Gasteiger partial charge on any atom is 0.329 e. The second kappa shape index (κ2) is 13.3. The van der Waals surface area contributed by atoms with Crippen LogP contribution in [0, 0.1) is 10.1 Å². The zero-order valence-electron chi connectivity index (χ0n) is 26.2. The van der Waals surface area contributed by atoms with Gasteiger partial charge in [0.2, 0.25) is 11.8 Å². The number of amides is 2. The Hall–Kier alpha value is -5.11. The Morgan fingerprint density at radius 2 is 1.45 bits per heavy atom. The molecule has 1 aromatic heterocycles. The average Bonchev–Trinajstić information content (AvgIpc) is 3.01. The lowest BCUT2D eigenvalue weighted by Gasteiger charge is -2.51. The van der Waals surface area contributed by atoms with Crippen LogP contribution in [0.1, 0.15) is 61.3 Å². The van der Waals surface area contributed by atoms with E-state index in [9.17, 15) is 24.9 Å². The number of aromatic nitrogens is 2. The van der Waals surface area contributed by atoms with Gasteiger partial charge in [0.25, 0.3) is 11.8 Å². The molecule has 4 aromatic rings. The van der Waals surface area contributed by atoms with Crippen LogP contribution >= 0.6 is 11.6 Å². The molecule has 13 nitrogen and oxygen atoms in total. The number of anilines is 5. The van der Waals surface area contributed by atoms with Crippen molar-refractivity contribution in [2.24, 2.45) is 0 Å². The monoisotopic (exact) mass is 658 g/mol. The van der Waals surface area contributed by atoms with Crippen molar-refractivity contribution in [2.45, 2.75) is 57.7 Å². The number of halogens is 1. The van der Waals surface area contributed by atoms with Crippen LogP contribution in [0.15, 0.2) is 79.0 Å². The molecule has 244 valence electrons. The Morgan fingerprint density at radius 3 is 2.02 bits per heavy atom. The number of hydrogen-bond donors (Lipinski definition) is 5. The molecule has 5 N–H and O–H groups in total. The van der Waals surface area contributed by atoms with E-state index >= 15 is 0 Å². The molecule has 1 saturated heterocycles. The van der Waals surface area contributed by atoms with Crippen molar-refractivity contribution < 1.29 is 19.7 Å². The summed E-state index contributed by atoms with van der Waals surface area (Å²) in [6.07, 6.45) is 2.27. The molecule has 0 radical (unpaired) electrons. The Labute approximate surface area is 276 Å². The van der Waals surface area contributed by atoms with Gasteiger partial charge in [0.1, 0.15) is 6.20 Å². The van der Waals surface area contributed by atoms with Crippen molar-refractivity contribution in [1.29, 1.82) is 0 Å². The minimum absolute atomic E-state index is 0.0588. The summed E-state index contributed by atoms with van der Waals surface area (Å²) >= 11 is 6.13. The van der Waals surface area contributed by atoms with Gasteiger partial charge in [0, 0.05) is 39.6 Å². The number of carbonyl (C=O) groups is 2.